The van der Waals surface area contributed by atoms with Crippen molar-refractivity contribution in [3.63, 3.8) is 0 Å². The van der Waals surface area contributed by atoms with Gasteiger partial charge in [0.15, 0.2) is 5.16 Å². The van der Waals surface area contributed by atoms with Gasteiger partial charge in [0.25, 0.3) is 5.56 Å². The van der Waals surface area contributed by atoms with E-state index in [2.05, 4.69) is 14.6 Å². The minimum atomic E-state index is -0.0133. The van der Waals surface area contributed by atoms with E-state index >= 15 is 0 Å². The van der Waals surface area contributed by atoms with Gasteiger partial charge in [-0.3, -0.25) is 13.8 Å². The quantitative estimate of drug-likeness (QED) is 0.620. The molecule has 5 nitrogen and oxygen atoms in total. The van der Waals surface area contributed by atoms with Gasteiger partial charge in [-0.25, -0.2) is 0 Å². The number of aromatic nitrogens is 4. The number of benzene rings is 1. The number of nitrogens with zero attached hydrogens (tertiary/aromatic N) is 4. The molecule has 28 heavy (non-hydrogen) atoms. The lowest BCUT2D eigenvalue weighted by Gasteiger charge is -2.57. The van der Waals surface area contributed by atoms with Gasteiger partial charge in [-0.15, -0.1) is 10.2 Å². The van der Waals surface area contributed by atoms with Crippen molar-refractivity contribution in [2.45, 2.75) is 50.1 Å². The zero-order valence-corrected chi connectivity index (χ0v) is 17.1. The molecule has 0 radical (unpaired) electrons. The van der Waals surface area contributed by atoms with E-state index in [4.69, 9.17) is 0 Å². The Labute approximate surface area is 168 Å². The third kappa shape index (κ3) is 2.49. The maximum absolute atomic E-state index is 12.6. The summed E-state index contributed by atoms with van der Waals surface area (Å²) in [5.74, 6) is 4.72. The molecule has 6 heteroatoms. The Hall–Kier alpha value is -1.82. The molecule has 2 aromatic heterocycles. The average molecular weight is 395 g/mol. The van der Waals surface area contributed by atoms with Crippen LogP contribution in [0.15, 0.2) is 34.2 Å². The third-order valence-corrected chi connectivity index (χ3v) is 8.56. The van der Waals surface area contributed by atoms with Crippen LogP contribution < -0.4 is 5.56 Å². The summed E-state index contributed by atoms with van der Waals surface area (Å²) in [6, 6.07) is 7.78. The Balaban J connectivity index is 1.29. The number of rotatable bonds is 4. The summed E-state index contributed by atoms with van der Waals surface area (Å²) in [6.07, 6.45) is 10.2. The highest BCUT2D eigenvalue weighted by atomic mass is 32.2. The molecule has 0 aliphatic heterocycles. The molecule has 0 saturated heterocycles. The van der Waals surface area contributed by atoms with Crippen molar-refractivity contribution in [3.05, 3.63) is 34.6 Å². The molecule has 0 spiro atoms. The topological polar surface area (TPSA) is 52.2 Å². The van der Waals surface area contributed by atoms with Crippen LogP contribution in [-0.2, 0) is 7.05 Å². The fraction of sp³-hybridized carbons (Fsp3) is 0.591. The summed E-state index contributed by atoms with van der Waals surface area (Å²) in [4.78, 5) is 12.6. The minimum Gasteiger partial charge on any atom is -0.279 e. The molecular formula is C22H26N4OS. The standard InChI is InChI=1S/C22H26N4OS/c1-25-19(27)17-4-2-3-5-18(17)26-20(25)23-24-21(26)28-7-6-22-11-14-8-15(12-22)10-16(9-14)13-22/h2-5,14-16H,6-13H2,1H3. The second-order valence-electron chi connectivity index (χ2n) is 9.52. The first-order valence-electron chi connectivity index (χ1n) is 10.6. The second kappa shape index (κ2) is 6.09. The second-order valence-corrected chi connectivity index (χ2v) is 10.6. The van der Waals surface area contributed by atoms with E-state index in [9.17, 15) is 4.79 Å². The molecule has 0 unspecified atom stereocenters. The van der Waals surface area contributed by atoms with E-state index in [1.54, 1.807) is 11.6 Å². The highest BCUT2D eigenvalue weighted by Gasteiger charge is 2.50. The first-order chi connectivity index (χ1) is 13.6. The van der Waals surface area contributed by atoms with Gasteiger partial charge in [0.1, 0.15) is 0 Å². The Kier molecular flexibility index (Phi) is 3.71. The van der Waals surface area contributed by atoms with Gasteiger partial charge in [0.05, 0.1) is 10.9 Å². The Morgan fingerprint density at radius 2 is 1.75 bits per heavy atom. The summed E-state index contributed by atoms with van der Waals surface area (Å²) in [6.45, 7) is 0. The summed E-state index contributed by atoms with van der Waals surface area (Å²) < 4.78 is 3.67. The molecule has 1 aromatic carbocycles. The van der Waals surface area contributed by atoms with Crippen molar-refractivity contribution in [1.29, 1.82) is 0 Å². The van der Waals surface area contributed by atoms with Crippen molar-refractivity contribution in [1.82, 2.24) is 19.2 Å². The van der Waals surface area contributed by atoms with Gasteiger partial charge in [-0.05, 0) is 80.2 Å². The summed E-state index contributed by atoms with van der Waals surface area (Å²) in [5.41, 5.74) is 1.49. The maximum atomic E-state index is 12.6. The van der Waals surface area contributed by atoms with Crippen molar-refractivity contribution in [2.24, 2.45) is 30.2 Å². The number of fused-ring (bicyclic) bond motifs is 3. The number of hydrogen-bond donors (Lipinski definition) is 0. The first kappa shape index (κ1) is 17.1. The lowest BCUT2D eigenvalue weighted by Crippen LogP contribution is -2.46. The van der Waals surface area contributed by atoms with Gasteiger partial charge in [-0.1, -0.05) is 23.9 Å². The molecule has 4 saturated carbocycles. The van der Waals surface area contributed by atoms with Gasteiger partial charge in [-0.2, -0.15) is 0 Å². The molecular weight excluding hydrogens is 368 g/mol. The van der Waals surface area contributed by atoms with Gasteiger partial charge in [0, 0.05) is 12.8 Å². The summed E-state index contributed by atoms with van der Waals surface area (Å²) >= 11 is 1.81. The monoisotopic (exact) mass is 394 g/mol. The highest BCUT2D eigenvalue weighted by Crippen LogP contribution is 2.61. The van der Waals surface area contributed by atoms with Crippen molar-refractivity contribution >= 4 is 28.4 Å². The van der Waals surface area contributed by atoms with Crippen LogP contribution in [0.3, 0.4) is 0 Å². The molecule has 4 bridgehead atoms. The maximum Gasteiger partial charge on any atom is 0.262 e. The van der Waals surface area contributed by atoms with Gasteiger partial charge >= 0.3 is 0 Å². The molecule has 7 rings (SSSR count). The van der Waals surface area contributed by atoms with Crippen molar-refractivity contribution in [2.75, 3.05) is 5.75 Å². The number of para-hydroxylation sites is 1. The van der Waals surface area contributed by atoms with Gasteiger partial charge < -0.3 is 0 Å². The normalized spacial score (nSPS) is 31.2. The molecule has 2 heterocycles. The van der Waals surface area contributed by atoms with Crippen LogP contribution >= 0.6 is 11.8 Å². The molecule has 3 aromatic rings. The van der Waals surface area contributed by atoms with Crippen LogP contribution in [0.25, 0.3) is 16.7 Å². The summed E-state index contributed by atoms with van der Waals surface area (Å²) in [7, 11) is 1.78. The van der Waals surface area contributed by atoms with Crippen molar-refractivity contribution < 1.29 is 0 Å². The van der Waals surface area contributed by atoms with Crippen LogP contribution in [0.4, 0.5) is 0 Å². The molecule has 0 atom stereocenters. The van der Waals surface area contributed by atoms with E-state index in [1.807, 2.05) is 36.0 Å². The number of aryl methyl sites for hydroxylation is 1. The van der Waals surface area contributed by atoms with Crippen LogP contribution in [-0.4, -0.2) is 24.9 Å². The molecule has 146 valence electrons. The van der Waals surface area contributed by atoms with E-state index in [0.29, 0.717) is 11.2 Å². The fourth-order valence-corrected chi connectivity index (χ4v) is 7.99. The molecule has 4 aliphatic carbocycles. The lowest BCUT2D eigenvalue weighted by molar-refractivity contribution is -0.0538. The van der Waals surface area contributed by atoms with Crippen LogP contribution in [0.5, 0.6) is 0 Å². The molecule has 4 aliphatic rings. The summed E-state index contributed by atoms with van der Waals surface area (Å²) in [5, 5.41) is 10.4. The van der Waals surface area contributed by atoms with Gasteiger partial charge in [0.2, 0.25) is 5.78 Å². The third-order valence-electron chi connectivity index (χ3n) is 7.62. The smallest absolute Gasteiger partial charge is 0.262 e. The highest BCUT2D eigenvalue weighted by molar-refractivity contribution is 7.99. The zero-order chi connectivity index (χ0) is 18.9. The Morgan fingerprint density at radius 3 is 2.46 bits per heavy atom. The van der Waals surface area contributed by atoms with E-state index in [-0.39, 0.29) is 5.56 Å². The predicted molar refractivity (Wildman–Crippen MR) is 112 cm³/mol. The van der Waals surface area contributed by atoms with E-state index in [1.165, 1.54) is 44.9 Å². The minimum absolute atomic E-state index is 0.0133. The van der Waals surface area contributed by atoms with Crippen molar-refractivity contribution in [3.8, 4) is 0 Å². The molecule has 0 amide bonds. The SMILES string of the molecule is Cn1c(=O)c2ccccc2n2c(SCCC34CC5CC(CC(C5)C3)C4)nnc12. The van der Waals surface area contributed by atoms with Crippen LogP contribution in [0.1, 0.15) is 44.9 Å². The molecule has 0 N–H and O–H groups in total. The first-order valence-corrected chi connectivity index (χ1v) is 11.6. The van der Waals surface area contributed by atoms with E-state index in [0.717, 1.165) is 39.6 Å². The zero-order valence-electron chi connectivity index (χ0n) is 16.3. The van der Waals surface area contributed by atoms with E-state index < -0.39 is 0 Å². The number of thioether (sulfide) groups is 1. The average Bonchev–Trinajstić information content (AvgIpc) is 3.09. The lowest BCUT2D eigenvalue weighted by atomic mass is 9.49. The number of hydrogen-bond acceptors (Lipinski definition) is 4. The Bertz CT molecular complexity index is 1100. The predicted octanol–water partition coefficient (Wildman–Crippen LogP) is 4.28. The molecule has 4 fully saturated rings. The largest absolute Gasteiger partial charge is 0.279 e. The van der Waals surface area contributed by atoms with Crippen LogP contribution in [0, 0.1) is 23.2 Å². The fourth-order valence-electron chi connectivity index (χ4n) is 6.86. The Morgan fingerprint density at radius 1 is 1.07 bits per heavy atom. The van der Waals surface area contributed by atoms with Crippen LogP contribution in [0.2, 0.25) is 0 Å².